The van der Waals surface area contributed by atoms with Crippen molar-refractivity contribution >= 4 is 57.5 Å². The number of aliphatic carboxylic acids is 1. The summed E-state index contributed by atoms with van der Waals surface area (Å²) in [4.78, 5) is 38.8. The third-order valence-electron chi connectivity index (χ3n) is 8.51. The summed E-state index contributed by atoms with van der Waals surface area (Å²) in [5.41, 5.74) is 0. The normalized spacial score (nSPS) is 21.3. The number of carbonyl (C=O) groups excluding carboxylic acids is 2. The van der Waals surface area contributed by atoms with E-state index >= 15 is 0 Å². The maximum atomic E-state index is 13.4. The standard InChI is InChI=1S/C33H61NO10S.2H2S/c1-2-3-4-5-6-8-11-14-17-20-27(36)34(22-19-16-13-10-7-9-12-15-18-21-28(37)38)25(24-45)32(42)44-33-31(41)30(40)29(39)26(23-35)43-33;;/h25-26,29-31,33,35,39-41,45H,2-24H2,1H3,(H,37,38);2*1H2/t25-,26+,29+,30-,31+,33?;;/m0../s1. The van der Waals surface area contributed by atoms with Crippen molar-refractivity contribution in [2.45, 2.75) is 172 Å². The lowest BCUT2D eigenvalue weighted by molar-refractivity contribution is -0.293. The third-order valence-corrected chi connectivity index (χ3v) is 8.85. The second-order valence-electron chi connectivity index (χ2n) is 12.3. The van der Waals surface area contributed by atoms with Crippen LogP contribution in [0, 0.1) is 0 Å². The van der Waals surface area contributed by atoms with Gasteiger partial charge in [-0.3, -0.25) is 9.59 Å². The van der Waals surface area contributed by atoms with Crippen LogP contribution in [-0.4, -0.2) is 104 Å². The molecule has 6 atom stereocenters. The smallest absolute Gasteiger partial charge is 0.332 e. The molecule has 0 aliphatic carbocycles. The van der Waals surface area contributed by atoms with E-state index in [1.54, 1.807) is 0 Å². The molecule has 1 amide bonds. The van der Waals surface area contributed by atoms with Gasteiger partial charge in [-0.1, -0.05) is 103 Å². The Hall–Kier alpha value is -0.740. The molecule has 0 radical (unpaired) electrons. The number of rotatable bonds is 27. The van der Waals surface area contributed by atoms with Gasteiger partial charge in [0.15, 0.2) is 0 Å². The molecule has 1 aliphatic heterocycles. The van der Waals surface area contributed by atoms with Gasteiger partial charge < -0.3 is 39.9 Å². The zero-order chi connectivity index (χ0) is 33.5. The van der Waals surface area contributed by atoms with Crippen LogP contribution in [0.5, 0.6) is 0 Å². The summed E-state index contributed by atoms with van der Waals surface area (Å²) in [6.45, 7) is 1.90. The maximum Gasteiger partial charge on any atom is 0.332 e. The number of carboxylic acids is 1. The van der Waals surface area contributed by atoms with E-state index < -0.39 is 55.3 Å². The van der Waals surface area contributed by atoms with Gasteiger partial charge in [0.05, 0.1) is 6.61 Å². The lowest BCUT2D eigenvalue weighted by atomic mass is 9.99. The van der Waals surface area contributed by atoms with Gasteiger partial charge in [0.2, 0.25) is 12.2 Å². The number of carboxylic acid groups (broad SMARTS) is 1. The van der Waals surface area contributed by atoms with Crippen LogP contribution in [0.3, 0.4) is 0 Å². The average molecular weight is 732 g/mol. The lowest BCUT2D eigenvalue weighted by Gasteiger charge is -2.40. The van der Waals surface area contributed by atoms with E-state index in [4.69, 9.17) is 14.6 Å². The van der Waals surface area contributed by atoms with Gasteiger partial charge in [-0.15, -0.1) is 0 Å². The summed E-state index contributed by atoms with van der Waals surface area (Å²) in [5.74, 6) is -1.76. The number of thiol groups is 1. The minimum absolute atomic E-state index is 0. The summed E-state index contributed by atoms with van der Waals surface area (Å²) in [7, 11) is 0. The highest BCUT2D eigenvalue weighted by Gasteiger charge is 2.46. The predicted octanol–water partition coefficient (Wildman–Crippen LogP) is 4.59. The number of carbonyl (C=O) groups is 3. The molecule has 0 aromatic rings. The lowest BCUT2D eigenvalue weighted by Crippen LogP contribution is -2.60. The molecule has 11 nitrogen and oxygen atoms in total. The topological polar surface area (TPSA) is 174 Å². The van der Waals surface area contributed by atoms with Crippen molar-refractivity contribution in [2.75, 3.05) is 18.9 Å². The molecular formula is C33H65NO10S3. The van der Waals surface area contributed by atoms with E-state index in [0.717, 1.165) is 70.6 Å². The number of nitrogens with zero attached hydrogens (tertiary/aromatic N) is 1. The van der Waals surface area contributed by atoms with Crippen molar-refractivity contribution in [1.29, 1.82) is 0 Å². The second-order valence-corrected chi connectivity index (χ2v) is 12.7. The Balaban J connectivity index is 0. The Kier molecular flexibility index (Phi) is 31.0. The molecule has 1 aliphatic rings. The van der Waals surface area contributed by atoms with Gasteiger partial charge in [0.1, 0.15) is 30.5 Å². The van der Waals surface area contributed by atoms with Crippen LogP contribution in [0.2, 0.25) is 0 Å². The number of amides is 1. The number of unbranched alkanes of at least 4 members (excludes halogenated alkanes) is 16. The fourth-order valence-corrected chi connectivity index (χ4v) is 5.98. The Labute approximate surface area is 301 Å². The minimum atomic E-state index is -1.73. The van der Waals surface area contributed by atoms with Crippen LogP contribution in [0.15, 0.2) is 0 Å². The molecule has 1 unspecified atom stereocenters. The fraction of sp³-hybridized carbons (Fsp3) is 0.909. The zero-order valence-corrected chi connectivity index (χ0v) is 31.3. The number of hydrogen-bond donors (Lipinski definition) is 6. The van der Waals surface area contributed by atoms with E-state index in [2.05, 4.69) is 19.6 Å². The van der Waals surface area contributed by atoms with Crippen LogP contribution in [0.4, 0.5) is 0 Å². The highest BCUT2D eigenvalue weighted by molar-refractivity contribution is 7.80. The molecule has 5 N–H and O–H groups in total. The first kappa shape index (κ1) is 48.4. The van der Waals surface area contributed by atoms with Crippen LogP contribution < -0.4 is 0 Å². The molecule has 1 saturated heterocycles. The Morgan fingerprint density at radius 1 is 0.723 bits per heavy atom. The van der Waals surface area contributed by atoms with Crippen LogP contribution in [0.25, 0.3) is 0 Å². The number of aliphatic hydroxyl groups is 4. The Bertz CT molecular complexity index is 811. The zero-order valence-electron chi connectivity index (χ0n) is 28.4. The molecule has 280 valence electrons. The third kappa shape index (κ3) is 20.5. The van der Waals surface area contributed by atoms with E-state index in [1.807, 2.05) is 0 Å². The fourth-order valence-electron chi connectivity index (χ4n) is 5.64. The number of aliphatic hydroxyl groups excluding tert-OH is 4. The molecule has 14 heteroatoms. The van der Waals surface area contributed by atoms with Gasteiger partial charge in [-0.25, -0.2) is 4.79 Å². The number of esters is 1. The van der Waals surface area contributed by atoms with Crippen molar-refractivity contribution < 1.29 is 49.4 Å². The Morgan fingerprint density at radius 3 is 1.66 bits per heavy atom. The first-order valence-electron chi connectivity index (χ1n) is 17.3. The van der Waals surface area contributed by atoms with E-state index in [9.17, 15) is 34.8 Å². The SMILES string of the molecule is CCCCCCCCCCCC(=O)N(CCCCCCCCCCCC(=O)O)[C@@H](CS)C(=O)OC1O[C@H](CO)[C@@H](O)[C@H](O)[C@H]1O.S.S. The molecule has 0 saturated carbocycles. The minimum Gasteiger partial charge on any atom is -0.481 e. The first-order chi connectivity index (χ1) is 21.7. The van der Waals surface area contributed by atoms with Crippen molar-refractivity contribution in [3.8, 4) is 0 Å². The first-order valence-corrected chi connectivity index (χ1v) is 17.9. The molecule has 0 aromatic carbocycles. The molecule has 1 rings (SSSR count). The van der Waals surface area contributed by atoms with Gasteiger partial charge >= 0.3 is 11.9 Å². The molecule has 1 fully saturated rings. The van der Waals surface area contributed by atoms with E-state index in [0.29, 0.717) is 25.8 Å². The van der Waals surface area contributed by atoms with Gasteiger partial charge in [-0.05, 0) is 19.3 Å². The monoisotopic (exact) mass is 731 g/mol. The van der Waals surface area contributed by atoms with Crippen molar-refractivity contribution in [1.82, 2.24) is 4.90 Å². The second kappa shape index (κ2) is 30.1. The highest BCUT2D eigenvalue weighted by atomic mass is 32.1. The van der Waals surface area contributed by atoms with Crippen LogP contribution >= 0.6 is 39.6 Å². The summed E-state index contributed by atoms with van der Waals surface area (Å²) in [6, 6.07) is -1.03. The summed E-state index contributed by atoms with van der Waals surface area (Å²) < 4.78 is 10.7. The van der Waals surface area contributed by atoms with Crippen LogP contribution in [0.1, 0.15) is 135 Å². The molecule has 1 heterocycles. The van der Waals surface area contributed by atoms with Crippen LogP contribution in [-0.2, 0) is 23.9 Å². The summed E-state index contributed by atoms with van der Waals surface area (Å²) in [5, 5.41) is 48.6. The van der Waals surface area contributed by atoms with E-state index in [-0.39, 0.29) is 45.1 Å². The maximum absolute atomic E-state index is 13.4. The molecule has 0 spiro atoms. The Morgan fingerprint density at radius 2 is 1.19 bits per heavy atom. The number of hydrogen-bond acceptors (Lipinski definition) is 10. The average Bonchev–Trinajstić information content (AvgIpc) is 3.02. The van der Waals surface area contributed by atoms with E-state index in [1.165, 1.54) is 37.0 Å². The summed E-state index contributed by atoms with van der Waals surface area (Å²) in [6.07, 6.45) is 11.2. The van der Waals surface area contributed by atoms with Crippen molar-refractivity contribution in [2.24, 2.45) is 0 Å². The summed E-state index contributed by atoms with van der Waals surface area (Å²) >= 11 is 4.35. The quantitative estimate of drug-likeness (QED) is 0.0399. The largest absolute Gasteiger partial charge is 0.481 e. The van der Waals surface area contributed by atoms with Crippen molar-refractivity contribution in [3.05, 3.63) is 0 Å². The molecule has 0 aromatic heterocycles. The number of ether oxygens (including phenoxy) is 2. The molecule has 47 heavy (non-hydrogen) atoms. The predicted molar refractivity (Wildman–Crippen MR) is 196 cm³/mol. The molecular weight excluding hydrogens is 667 g/mol. The van der Waals surface area contributed by atoms with Gasteiger partial charge in [-0.2, -0.15) is 39.6 Å². The highest BCUT2D eigenvalue weighted by Crippen LogP contribution is 2.23. The van der Waals surface area contributed by atoms with Crippen molar-refractivity contribution in [3.63, 3.8) is 0 Å². The molecule has 0 bridgehead atoms. The van der Waals surface area contributed by atoms with Gasteiger partial charge in [0, 0.05) is 25.1 Å². The van der Waals surface area contributed by atoms with Gasteiger partial charge in [0.25, 0.3) is 0 Å².